The summed E-state index contributed by atoms with van der Waals surface area (Å²) < 4.78 is 0. The Labute approximate surface area is 142 Å². The van der Waals surface area contributed by atoms with Gasteiger partial charge in [-0.2, -0.15) is 0 Å². The van der Waals surface area contributed by atoms with Crippen LogP contribution in [0.25, 0.3) is 0 Å². The van der Waals surface area contributed by atoms with Crippen molar-refractivity contribution in [3.63, 3.8) is 0 Å². The van der Waals surface area contributed by atoms with Crippen LogP contribution in [0.2, 0.25) is 0 Å². The van der Waals surface area contributed by atoms with E-state index in [1.54, 1.807) is 11.8 Å². The lowest BCUT2D eigenvalue weighted by Crippen LogP contribution is -2.52. The van der Waals surface area contributed by atoms with Crippen molar-refractivity contribution >= 4 is 23.6 Å². The van der Waals surface area contributed by atoms with Crippen LogP contribution in [0.1, 0.15) is 38.5 Å². The summed E-state index contributed by atoms with van der Waals surface area (Å²) in [5, 5.41) is 0. The van der Waals surface area contributed by atoms with Crippen molar-refractivity contribution < 1.29 is 9.59 Å². The van der Waals surface area contributed by atoms with Gasteiger partial charge in [-0.3, -0.25) is 14.5 Å². The fourth-order valence-electron chi connectivity index (χ4n) is 4.37. The Morgan fingerprint density at radius 2 is 1.74 bits per heavy atom. The van der Waals surface area contributed by atoms with Gasteiger partial charge in [-0.05, 0) is 38.6 Å². The van der Waals surface area contributed by atoms with Crippen molar-refractivity contribution in [2.24, 2.45) is 5.92 Å². The van der Waals surface area contributed by atoms with Crippen molar-refractivity contribution in [3.05, 3.63) is 0 Å². The summed E-state index contributed by atoms with van der Waals surface area (Å²) in [7, 11) is 0. The Morgan fingerprint density at radius 1 is 0.913 bits per heavy atom. The molecule has 3 heterocycles. The maximum absolute atomic E-state index is 13.1. The van der Waals surface area contributed by atoms with Gasteiger partial charge in [0, 0.05) is 37.3 Å². The van der Waals surface area contributed by atoms with Gasteiger partial charge in [0.15, 0.2) is 0 Å². The first-order chi connectivity index (χ1) is 11.2. The van der Waals surface area contributed by atoms with Gasteiger partial charge in [-0.1, -0.05) is 6.42 Å². The Morgan fingerprint density at radius 3 is 2.52 bits per heavy atom. The Bertz CT molecular complexity index is 482. The van der Waals surface area contributed by atoms with Crippen LogP contribution >= 0.6 is 11.8 Å². The molecular formula is C17H27N3O2S. The SMILES string of the molecule is O=C([C@H]1CSCN1C(=O)C1CCC1)N1CCCN2CCC[C@@H]2C1. The molecule has 4 fully saturated rings. The Balaban J connectivity index is 1.43. The van der Waals surface area contributed by atoms with E-state index in [9.17, 15) is 9.59 Å². The molecule has 0 radical (unpaired) electrons. The highest BCUT2D eigenvalue weighted by Gasteiger charge is 2.41. The minimum atomic E-state index is -0.207. The van der Waals surface area contributed by atoms with Gasteiger partial charge in [0.1, 0.15) is 6.04 Å². The van der Waals surface area contributed by atoms with Crippen LogP contribution in [-0.4, -0.2) is 76.4 Å². The van der Waals surface area contributed by atoms with Crippen LogP contribution in [0.3, 0.4) is 0 Å². The number of carbonyl (C=O) groups is 2. The van der Waals surface area contributed by atoms with Crippen LogP contribution in [0.5, 0.6) is 0 Å². The van der Waals surface area contributed by atoms with Crippen molar-refractivity contribution in [3.8, 4) is 0 Å². The molecule has 6 heteroatoms. The zero-order valence-electron chi connectivity index (χ0n) is 13.8. The lowest BCUT2D eigenvalue weighted by atomic mass is 9.84. The first kappa shape index (κ1) is 15.8. The molecule has 23 heavy (non-hydrogen) atoms. The number of thioether (sulfide) groups is 1. The average Bonchev–Trinajstić information content (AvgIpc) is 3.10. The average molecular weight is 337 g/mol. The van der Waals surface area contributed by atoms with E-state index in [1.807, 2.05) is 4.90 Å². The molecule has 0 bridgehead atoms. The molecule has 0 aromatic carbocycles. The topological polar surface area (TPSA) is 43.9 Å². The van der Waals surface area contributed by atoms with Crippen LogP contribution < -0.4 is 0 Å². The summed E-state index contributed by atoms with van der Waals surface area (Å²) in [5.41, 5.74) is 0. The fourth-order valence-corrected chi connectivity index (χ4v) is 5.53. The molecule has 1 aliphatic carbocycles. The van der Waals surface area contributed by atoms with E-state index in [0.717, 1.165) is 44.6 Å². The number of rotatable bonds is 2. The lowest BCUT2D eigenvalue weighted by molar-refractivity contribution is -0.147. The number of hydrogen-bond acceptors (Lipinski definition) is 4. The molecule has 0 N–H and O–H groups in total. The molecule has 3 saturated heterocycles. The van der Waals surface area contributed by atoms with E-state index in [0.29, 0.717) is 11.9 Å². The smallest absolute Gasteiger partial charge is 0.246 e. The predicted octanol–water partition coefficient (Wildman–Crippen LogP) is 1.38. The summed E-state index contributed by atoms with van der Waals surface area (Å²) in [6.45, 7) is 4.04. The molecule has 5 nitrogen and oxygen atoms in total. The largest absolute Gasteiger partial charge is 0.339 e. The summed E-state index contributed by atoms with van der Waals surface area (Å²) in [6, 6.07) is 0.340. The van der Waals surface area contributed by atoms with E-state index in [-0.39, 0.29) is 23.8 Å². The molecule has 2 amide bonds. The molecule has 2 atom stereocenters. The lowest BCUT2D eigenvalue weighted by Gasteiger charge is -2.34. The van der Waals surface area contributed by atoms with Gasteiger partial charge in [0.2, 0.25) is 11.8 Å². The highest BCUT2D eigenvalue weighted by molar-refractivity contribution is 7.99. The van der Waals surface area contributed by atoms with Crippen molar-refractivity contribution in [1.29, 1.82) is 0 Å². The molecule has 1 saturated carbocycles. The summed E-state index contributed by atoms with van der Waals surface area (Å²) in [5.74, 6) is 2.11. The molecule has 0 aromatic rings. The molecule has 4 aliphatic rings. The van der Waals surface area contributed by atoms with E-state index in [4.69, 9.17) is 0 Å². The molecule has 0 spiro atoms. The van der Waals surface area contributed by atoms with Gasteiger partial charge < -0.3 is 9.80 Å². The normalized spacial score (nSPS) is 32.5. The third-order valence-corrected chi connectivity index (χ3v) is 7.03. The first-order valence-corrected chi connectivity index (χ1v) is 10.3. The number of hydrogen-bond donors (Lipinski definition) is 0. The van der Waals surface area contributed by atoms with E-state index >= 15 is 0 Å². The number of nitrogens with zero attached hydrogens (tertiary/aromatic N) is 3. The molecule has 0 unspecified atom stereocenters. The monoisotopic (exact) mass is 337 g/mol. The summed E-state index contributed by atoms with van der Waals surface area (Å²) in [6.07, 6.45) is 6.74. The van der Waals surface area contributed by atoms with E-state index in [2.05, 4.69) is 9.80 Å². The zero-order valence-corrected chi connectivity index (χ0v) is 14.6. The minimum Gasteiger partial charge on any atom is -0.339 e. The van der Waals surface area contributed by atoms with Crippen LogP contribution in [0.4, 0.5) is 0 Å². The van der Waals surface area contributed by atoms with Gasteiger partial charge in [-0.15, -0.1) is 11.8 Å². The van der Waals surface area contributed by atoms with Crippen LogP contribution in [0, 0.1) is 5.92 Å². The molecular weight excluding hydrogens is 310 g/mol. The highest BCUT2D eigenvalue weighted by Crippen LogP contribution is 2.33. The number of carbonyl (C=O) groups excluding carboxylic acids is 2. The van der Waals surface area contributed by atoms with Gasteiger partial charge in [0.05, 0.1) is 5.88 Å². The van der Waals surface area contributed by atoms with Crippen molar-refractivity contribution in [2.45, 2.75) is 50.6 Å². The van der Waals surface area contributed by atoms with E-state index in [1.165, 1.54) is 25.8 Å². The Hall–Kier alpha value is -0.750. The van der Waals surface area contributed by atoms with E-state index < -0.39 is 0 Å². The standard InChI is InChI=1S/C17H27N3O2S/c21-16(13-4-1-5-13)20-12-23-11-15(20)17(22)19-9-3-8-18-7-2-6-14(18)10-19/h13-15H,1-12H2/t14-,15-/m1/s1. The second-order valence-corrected chi connectivity index (χ2v) is 8.42. The predicted molar refractivity (Wildman–Crippen MR) is 91.1 cm³/mol. The quantitative estimate of drug-likeness (QED) is 0.764. The van der Waals surface area contributed by atoms with Crippen LogP contribution in [-0.2, 0) is 9.59 Å². The highest BCUT2D eigenvalue weighted by atomic mass is 32.2. The third-order valence-electron chi connectivity index (χ3n) is 6.02. The second-order valence-electron chi connectivity index (χ2n) is 7.42. The van der Waals surface area contributed by atoms with Crippen molar-refractivity contribution in [1.82, 2.24) is 14.7 Å². The minimum absolute atomic E-state index is 0.193. The summed E-state index contributed by atoms with van der Waals surface area (Å²) in [4.78, 5) is 32.2. The maximum Gasteiger partial charge on any atom is 0.246 e. The number of amides is 2. The fraction of sp³-hybridized carbons (Fsp3) is 0.882. The second kappa shape index (κ2) is 6.63. The summed E-state index contributed by atoms with van der Waals surface area (Å²) >= 11 is 1.73. The zero-order chi connectivity index (χ0) is 15.8. The molecule has 0 aromatic heterocycles. The number of fused-ring (bicyclic) bond motifs is 1. The Kier molecular flexibility index (Phi) is 4.54. The molecule has 4 rings (SSSR count). The first-order valence-electron chi connectivity index (χ1n) is 9.15. The molecule has 128 valence electrons. The maximum atomic E-state index is 13.1. The van der Waals surface area contributed by atoms with Crippen LogP contribution in [0.15, 0.2) is 0 Å². The van der Waals surface area contributed by atoms with Crippen molar-refractivity contribution in [2.75, 3.05) is 37.8 Å². The van der Waals surface area contributed by atoms with Gasteiger partial charge >= 0.3 is 0 Å². The van der Waals surface area contributed by atoms with Gasteiger partial charge in [0.25, 0.3) is 0 Å². The van der Waals surface area contributed by atoms with Gasteiger partial charge in [-0.25, -0.2) is 0 Å². The molecule has 3 aliphatic heterocycles. The third kappa shape index (κ3) is 3.00.